The van der Waals surface area contributed by atoms with E-state index in [2.05, 4.69) is 31.0 Å². The summed E-state index contributed by atoms with van der Waals surface area (Å²) in [5.41, 5.74) is 0.986. The first-order chi connectivity index (χ1) is 9.43. The smallest absolute Gasteiger partial charge is 0.0655 e. The maximum absolute atomic E-state index is 6.39. The molecule has 0 bridgehead atoms. The third-order valence-electron chi connectivity index (χ3n) is 3.99. The Balaban J connectivity index is 2.37. The number of piperazine rings is 1. The van der Waals surface area contributed by atoms with Crippen molar-refractivity contribution in [3.63, 3.8) is 0 Å². The molecular weight excluding hydrogens is 315 g/mol. The van der Waals surface area contributed by atoms with Gasteiger partial charge >= 0.3 is 0 Å². The summed E-state index contributed by atoms with van der Waals surface area (Å²) in [5.74, 6) is 0.533. The SMILES string of the molecule is CCC1CN(c2cc(Cl)c(Cl)cc2Cl)C(C(C)C)CN1. The van der Waals surface area contributed by atoms with Gasteiger partial charge in [-0.3, -0.25) is 0 Å². The molecular formula is C15H21Cl3N2. The zero-order valence-corrected chi connectivity index (χ0v) is 14.4. The Bertz CT molecular complexity index is 476. The fourth-order valence-electron chi connectivity index (χ4n) is 2.71. The highest BCUT2D eigenvalue weighted by atomic mass is 35.5. The van der Waals surface area contributed by atoms with E-state index in [1.54, 1.807) is 6.07 Å². The first-order valence-electron chi connectivity index (χ1n) is 7.08. The van der Waals surface area contributed by atoms with E-state index in [1.807, 2.05) is 6.07 Å². The van der Waals surface area contributed by atoms with E-state index < -0.39 is 0 Å². The molecule has 1 N–H and O–H groups in total. The van der Waals surface area contributed by atoms with Gasteiger partial charge in [0.05, 0.1) is 20.8 Å². The Hall–Kier alpha value is -0.150. The highest BCUT2D eigenvalue weighted by Gasteiger charge is 2.30. The minimum Gasteiger partial charge on any atom is -0.364 e. The Labute approximate surface area is 136 Å². The van der Waals surface area contributed by atoms with Crippen molar-refractivity contribution in [2.45, 2.75) is 39.3 Å². The van der Waals surface area contributed by atoms with Gasteiger partial charge in [0, 0.05) is 25.2 Å². The second kappa shape index (κ2) is 6.74. The third kappa shape index (κ3) is 3.36. The molecule has 2 unspecified atom stereocenters. The first kappa shape index (κ1) is 16.2. The van der Waals surface area contributed by atoms with Gasteiger partial charge < -0.3 is 10.2 Å². The number of rotatable bonds is 3. The average Bonchev–Trinajstić information content (AvgIpc) is 2.42. The summed E-state index contributed by atoms with van der Waals surface area (Å²) in [4.78, 5) is 2.37. The Morgan fingerprint density at radius 2 is 1.85 bits per heavy atom. The van der Waals surface area contributed by atoms with Crippen LogP contribution in [-0.2, 0) is 0 Å². The third-order valence-corrected chi connectivity index (χ3v) is 5.02. The van der Waals surface area contributed by atoms with E-state index in [0.29, 0.717) is 33.1 Å². The summed E-state index contributed by atoms with van der Waals surface area (Å²) in [5, 5.41) is 5.33. The van der Waals surface area contributed by atoms with Gasteiger partial charge in [0.15, 0.2) is 0 Å². The minimum atomic E-state index is 0.410. The first-order valence-corrected chi connectivity index (χ1v) is 8.22. The van der Waals surface area contributed by atoms with Crippen molar-refractivity contribution in [1.29, 1.82) is 0 Å². The molecule has 112 valence electrons. The van der Waals surface area contributed by atoms with Gasteiger partial charge in [-0.2, -0.15) is 0 Å². The molecule has 2 rings (SSSR count). The summed E-state index contributed by atoms with van der Waals surface area (Å²) >= 11 is 18.6. The molecule has 0 amide bonds. The second-order valence-corrected chi connectivity index (χ2v) is 6.92. The van der Waals surface area contributed by atoms with E-state index in [4.69, 9.17) is 34.8 Å². The summed E-state index contributed by atoms with van der Waals surface area (Å²) in [6.07, 6.45) is 1.10. The summed E-state index contributed by atoms with van der Waals surface area (Å²) < 4.78 is 0. The van der Waals surface area contributed by atoms with Crippen LogP contribution in [0.3, 0.4) is 0 Å². The highest BCUT2D eigenvalue weighted by Crippen LogP contribution is 2.37. The van der Waals surface area contributed by atoms with E-state index in [0.717, 1.165) is 25.2 Å². The predicted octanol–water partition coefficient (Wildman–Crippen LogP) is 4.86. The van der Waals surface area contributed by atoms with Gasteiger partial charge in [-0.05, 0) is 24.5 Å². The van der Waals surface area contributed by atoms with Crippen molar-refractivity contribution in [2.24, 2.45) is 5.92 Å². The molecule has 20 heavy (non-hydrogen) atoms. The molecule has 0 aromatic heterocycles. The fraction of sp³-hybridized carbons (Fsp3) is 0.600. The van der Waals surface area contributed by atoms with Crippen LogP contribution in [-0.4, -0.2) is 25.2 Å². The van der Waals surface area contributed by atoms with Crippen LogP contribution in [0.4, 0.5) is 5.69 Å². The molecule has 5 heteroatoms. The molecule has 1 fully saturated rings. The molecule has 0 spiro atoms. The molecule has 0 saturated carbocycles. The molecule has 0 radical (unpaired) electrons. The van der Waals surface area contributed by atoms with Crippen LogP contribution < -0.4 is 10.2 Å². The fourth-order valence-corrected chi connectivity index (χ4v) is 3.36. The van der Waals surface area contributed by atoms with Crippen LogP contribution in [0, 0.1) is 5.92 Å². The zero-order valence-electron chi connectivity index (χ0n) is 12.1. The van der Waals surface area contributed by atoms with Gasteiger partial charge in [-0.1, -0.05) is 55.6 Å². The molecule has 2 nitrogen and oxygen atoms in total. The number of nitrogens with one attached hydrogen (secondary N) is 1. The zero-order chi connectivity index (χ0) is 14.9. The van der Waals surface area contributed by atoms with Gasteiger partial charge in [0.25, 0.3) is 0 Å². The van der Waals surface area contributed by atoms with Gasteiger partial charge in [-0.15, -0.1) is 0 Å². The van der Waals surface area contributed by atoms with Crippen LogP contribution in [0.25, 0.3) is 0 Å². The Morgan fingerprint density at radius 3 is 2.45 bits per heavy atom. The van der Waals surface area contributed by atoms with Crippen molar-refractivity contribution >= 4 is 40.5 Å². The molecule has 1 aromatic carbocycles. The minimum absolute atomic E-state index is 0.410. The average molecular weight is 336 g/mol. The topological polar surface area (TPSA) is 15.3 Å². The molecule has 2 atom stereocenters. The molecule has 1 aromatic rings. The summed E-state index contributed by atoms with van der Waals surface area (Å²) in [7, 11) is 0. The summed E-state index contributed by atoms with van der Waals surface area (Å²) in [6, 6.07) is 4.52. The number of benzene rings is 1. The lowest BCUT2D eigenvalue weighted by Gasteiger charge is -2.44. The lowest BCUT2D eigenvalue weighted by Crippen LogP contribution is -2.58. The van der Waals surface area contributed by atoms with Crippen molar-refractivity contribution < 1.29 is 0 Å². The number of nitrogens with zero attached hydrogens (tertiary/aromatic N) is 1. The maximum atomic E-state index is 6.39. The van der Waals surface area contributed by atoms with Crippen LogP contribution in [0.1, 0.15) is 27.2 Å². The lowest BCUT2D eigenvalue weighted by molar-refractivity contribution is 0.333. The standard InChI is InChI=1S/C15H21Cl3N2/c1-4-10-8-20(15(7-19-10)9(2)3)14-6-12(17)11(16)5-13(14)18/h5-6,9-10,15,19H,4,7-8H2,1-3H3. The maximum Gasteiger partial charge on any atom is 0.0655 e. The van der Waals surface area contributed by atoms with Gasteiger partial charge in [0.2, 0.25) is 0 Å². The monoisotopic (exact) mass is 334 g/mol. The van der Waals surface area contributed by atoms with E-state index in [9.17, 15) is 0 Å². The molecule has 1 aliphatic rings. The number of hydrogen-bond donors (Lipinski definition) is 1. The highest BCUT2D eigenvalue weighted by molar-refractivity contribution is 6.44. The summed E-state index contributed by atoms with van der Waals surface area (Å²) in [6.45, 7) is 8.57. The van der Waals surface area contributed by atoms with E-state index >= 15 is 0 Å². The lowest BCUT2D eigenvalue weighted by atomic mass is 9.97. The quantitative estimate of drug-likeness (QED) is 0.794. The normalized spacial score (nSPS) is 23.4. The van der Waals surface area contributed by atoms with Crippen molar-refractivity contribution in [2.75, 3.05) is 18.0 Å². The Morgan fingerprint density at radius 1 is 1.20 bits per heavy atom. The van der Waals surface area contributed by atoms with E-state index in [-0.39, 0.29) is 0 Å². The predicted molar refractivity (Wildman–Crippen MR) is 89.5 cm³/mol. The largest absolute Gasteiger partial charge is 0.364 e. The van der Waals surface area contributed by atoms with Crippen molar-refractivity contribution in [3.8, 4) is 0 Å². The second-order valence-electron chi connectivity index (χ2n) is 5.69. The van der Waals surface area contributed by atoms with Crippen LogP contribution in [0.5, 0.6) is 0 Å². The van der Waals surface area contributed by atoms with Crippen LogP contribution >= 0.6 is 34.8 Å². The van der Waals surface area contributed by atoms with Gasteiger partial charge in [0.1, 0.15) is 0 Å². The Kier molecular flexibility index (Phi) is 5.47. The number of halogens is 3. The molecule has 1 heterocycles. The number of hydrogen-bond acceptors (Lipinski definition) is 2. The van der Waals surface area contributed by atoms with Crippen LogP contribution in [0.2, 0.25) is 15.1 Å². The van der Waals surface area contributed by atoms with Crippen LogP contribution in [0.15, 0.2) is 12.1 Å². The number of anilines is 1. The molecule has 0 aliphatic carbocycles. The van der Waals surface area contributed by atoms with Crippen molar-refractivity contribution in [1.82, 2.24) is 5.32 Å². The van der Waals surface area contributed by atoms with Gasteiger partial charge in [-0.25, -0.2) is 0 Å². The molecule has 1 aliphatic heterocycles. The molecule has 1 saturated heterocycles. The van der Waals surface area contributed by atoms with E-state index in [1.165, 1.54) is 0 Å². The van der Waals surface area contributed by atoms with Crippen molar-refractivity contribution in [3.05, 3.63) is 27.2 Å².